The van der Waals surface area contributed by atoms with Gasteiger partial charge in [-0.2, -0.15) is 0 Å². The summed E-state index contributed by atoms with van der Waals surface area (Å²) in [5.74, 6) is 1.16. The number of rotatable bonds is 7. The van der Waals surface area contributed by atoms with Crippen LogP contribution >= 0.6 is 23.1 Å². The number of hydrogen-bond acceptors (Lipinski definition) is 5. The summed E-state index contributed by atoms with van der Waals surface area (Å²) >= 11 is 3.61. The highest BCUT2D eigenvalue weighted by molar-refractivity contribution is 7.99. The minimum absolute atomic E-state index is 0.903. The van der Waals surface area contributed by atoms with Gasteiger partial charge in [0.05, 0.1) is 6.54 Å². The monoisotopic (exact) mass is 307 g/mol. The van der Waals surface area contributed by atoms with Gasteiger partial charge >= 0.3 is 0 Å². The Hall–Kier alpha value is -0.910. The molecule has 0 aliphatic rings. The van der Waals surface area contributed by atoms with Crippen molar-refractivity contribution in [3.63, 3.8) is 0 Å². The predicted octanol–water partition coefficient (Wildman–Crippen LogP) is 3.77. The average molecular weight is 307 g/mol. The normalized spacial score (nSPS) is 11.2. The second kappa shape index (κ2) is 7.76. The van der Waals surface area contributed by atoms with Gasteiger partial charge in [-0.1, -0.05) is 17.7 Å². The molecule has 0 aliphatic heterocycles. The fourth-order valence-corrected chi connectivity index (χ4v) is 3.50. The van der Waals surface area contributed by atoms with Gasteiger partial charge in [0.25, 0.3) is 0 Å². The Labute approximate surface area is 129 Å². The molecule has 0 aliphatic carbocycles. The van der Waals surface area contributed by atoms with Crippen LogP contribution in [0.1, 0.15) is 22.0 Å². The summed E-state index contributed by atoms with van der Waals surface area (Å²) in [5, 5.41) is 10.4. The van der Waals surface area contributed by atoms with Crippen molar-refractivity contribution >= 4 is 23.1 Å². The number of hydrogen-bond donors (Lipinski definition) is 0. The third-order valence-corrected chi connectivity index (χ3v) is 4.87. The molecule has 0 unspecified atom stereocenters. The SMILES string of the molecule is Cc1ccc(SCCCN(C)Cc2nnc(C)s2)cc1. The molecule has 1 aromatic carbocycles. The van der Waals surface area contributed by atoms with Crippen molar-refractivity contribution in [2.45, 2.75) is 31.7 Å². The third kappa shape index (κ3) is 5.23. The van der Waals surface area contributed by atoms with Crippen LogP contribution in [0, 0.1) is 13.8 Å². The lowest BCUT2D eigenvalue weighted by Crippen LogP contribution is -2.19. The third-order valence-electron chi connectivity index (χ3n) is 2.95. The van der Waals surface area contributed by atoms with E-state index in [-0.39, 0.29) is 0 Å². The largest absolute Gasteiger partial charge is 0.300 e. The lowest BCUT2D eigenvalue weighted by Gasteiger charge is -2.14. The minimum Gasteiger partial charge on any atom is -0.300 e. The summed E-state index contributed by atoms with van der Waals surface area (Å²) in [4.78, 5) is 3.67. The van der Waals surface area contributed by atoms with Gasteiger partial charge in [-0.05, 0) is 51.7 Å². The first-order chi connectivity index (χ1) is 9.63. The van der Waals surface area contributed by atoms with Crippen LogP contribution in [0.2, 0.25) is 0 Å². The molecule has 0 bridgehead atoms. The van der Waals surface area contributed by atoms with Crippen LogP contribution in [-0.2, 0) is 6.54 Å². The Kier molecular flexibility index (Phi) is 6.01. The maximum Gasteiger partial charge on any atom is 0.131 e. The Balaban J connectivity index is 1.64. The van der Waals surface area contributed by atoms with Crippen LogP contribution in [-0.4, -0.2) is 34.4 Å². The van der Waals surface area contributed by atoms with E-state index in [0.29, 0.717) is 0 Å². The van der Waals surface area contributed by atoms with Gasteiger partial charge in [0.2, 0.25) is 0 Å². The van der Waals surface area contributed by atoms with Gasteiger partial charge in [0, 0.05) is 4.90 Å². The van der Waals surface area contributed by atoms with E-state index in [1.54, 1.807) is 11.3 Å². The van der Waals surface area contributed by atoms with Crippen molar-refractivity contribution in [1.82, 2.24) is 15.1 Å². The van der Waals surface area contributed by atoms with E-state index >= 15 is 0 Å². The molecule has 0 amide bonds. The van der Waals surface area contributed by atoms with E-state index in [0.717, 1.165) is 28.9 Å². The van der Waals surface area contributed by atoms with Gasteiger partial charge in [-0.15, -0.1) is 33.3 Å². The second-order valence-electron chi connectivity index (χ2n) is 4.97. The van der Waals surface area contributed by atoms with Crippen molar-refractivity contribution in [3.8, 4) is 0 Å². The molecule has 0 saturated heterocycles. The van der Waals surface area contributed by atoms with Gasteiger partial charge in [0.15, 0.2) is 0 Å². The van der Waals surface area contributed by atoms with Crippen molar-refractivity contribution in [1.29, 1.82) is 0 Å². The van der Waals surface area contributed by atoms with Crippen LogP contribution in [0.15, 0.2) is 29.2 Å². The van der Waals surface area contributed by atoms with Crippen molar-refractivity contribution in [2.24, 2.45) is 0 Å². The molecule has 2 rings (SSSR count). The van der Waals surface area contributed by atoms with Crippen LogP contribution in [0.25, 0.3) is 0 Å². The lowest BCUT2D eigenvalue weighted by atomic mass is 10.2. The molecule has 0 spiro atoms. The molecule has 0 N–H and O–H groups in total. The summed E-state index contributed by atoms with van der Waals surface area (Å²) in [6.07, 6.45) is 1.19. The zero-order valence-electron chi connectivity index (χ0n) is 12.3. The summed E-state index contributed by atoms with van der Waals surface area (Å²) in [6, 6.07) is 8.75. The van der Waals surface area contributed by atoms with E-state index in [1.165, 1.54) is 16.9 Å². The molecule has 0 radical (unpaired) electrons. The Morgan fingerprint density at radius 1 is 1.15 bits per heavy atom. The highest BCUT2D eigenvalue weighted by atomic mass is 32.2. The number of thioether (sulfide) groups is 1. The maximum atomic E-state index is 4.16. The standard InChI is InChI=1S/C15H21N3S2/c1-12-5-7-14(8-6-12)19-10-4-9-18(3)11-15-17-16-13(2)20-15/h5-8H,4,9-11H2,1-3H3. The first-order valence-electron chi connectivity index (χ1n) is 6.80. The fourth-order valence-electron chi connectivity index (χ4n) is 1.87. The van der Waals surface area contributed by atoms with Crippen molar-refractivity contribution < 1.29 is 0 Å². The van der Waals surface area contributed by atoms with E-state index in [9.17, 15) is 0 Å². The van der Waals surface area contributed by atoms with Gasteiger partial charge in [0.1, 0.15) is 10.0 Å². The smallest absolute Gasteiger partial charge is 0.131 e. The summed E-state index contributed by atoms with van der Waals surface area (Å²) in [6.45, 7) is 6.12. The van der Waals surface area contributed by atoms with Crippen LogP contribution in [0.3, 0.4) is 0 Å². The van der Waals surface area contributed by atoms with E-state index in [1.807, 2.05) is 18.7 Å². The number of benzene rings is 1. The molecule has 1 aromatic heterocycles. The molecule has 5 heteroatoms. The zero-order valence-corrected chi connectivity index (χ0v) is 13.9. The van der Waals surface area contributed by atoms with Gasteiger partial charge in [-0.25, -0.2) is 0 Å². The predicted molar refractivity (Wildman–Crippen MR) is 87.5 cm³/mol. The molecule has 0 atom stereocenters. The molecule has 0 fully saturated rings. The Bertz CT molecular complexity index is 522. The highest BCUT2D eigenvalue weighted by Gasteiger charge is 2.05. The van der Waals surface area contributed by atoms with E-state index in [4.69, 9.17) is 0 Å². The summed E-state index contributed by atoms with van der Waals surface area (Å²) in [5.41, 5.74) is 1.32. The molecule has 20 heavy (non-hydrogen) atoms. The Morgan fingerprint density at radius 3 is 2.55 bits per heavy atom. The van der Waals surface area contributed by atoms with Crippen LogP contribution in [0.5, 0.6) is 0 Å². The topological polar surface area (TPSA) is 29.0 Å². The van der Waals surface area contributed by atoms with E-state index in [2.05, 4.69) is 53.3 Å². The van der Waals surface area contributed by atoms with Crippen LogP contribution < -0.4 is 0 Å². The van der Waals surface area contributed by atoms with Crippen LogP contribution in [0.4, 0.5) is 0 Å². The number of aryl methyl sites for hydroxylation is 2. The first kappa shape index (κ1) is 15.5. The molecular formula is C15H21N3S2. The number of aromatic nitrogens is 2. The number of nitrogens with zero attached hydrogens (tertiary/aromatic N) is 3. The summed E-state index contributed by atoms with van der Waals surface area (Å²) < 4.78 is 0. The fraction of sp³-hybridized carbons (Fsp3) is 0.467. The average Bonchev–Trinajstić information content (AvgIpc) is 2.82. The molecule has 0 saturated carbocycles. The zero-order chi connectivity index (χ0) is 14.4. The molecule has 2 aromatic rings. The lowest BCUT2D eigenvalue weighted by molar-refractivity contribution is 0.327. The van der Waals surface area contributed by atoms with Crippen molar-refractivity contribution in [2.75, 3.05) is 19.3 Å². The van der Waals surface area contributed by atoms with Gasteiger partial charge in [-0.3, -0.25) is 4.90 Å². The highest BCUT2D eigenvalue weighted by Crippen LogP contribution is 2.19. The molecular weight excluding hydrogens is 286 g/mol. The molecule has 108 valence electrons. The molecule has 3 nitrogen and oxygen atoms in total. The quantitative estimate of drug-likeness (QED) is 0.575. The van der Waals surface area contributed by atoms with E-state index < -0.39 is 0 Å². The Morgan fingerprint density at radius 2 is 1.90 bits per heavy atom. The van der Waals surface area contributed by atoms with Crippen molar-refractivity contribution in [3.05, 3.63) is 39.8 Å². The maximum absolute atomic E-state index is 4.16. The summed E-state index contributed by atoms with van der Waals surface area (Å²) in [7, 11) is 2.15. The minimum atomic E-state index is 0.903. The second-order valence-corrected chi connectivity index (χ2v) is 7.40. The van der Waals surface area contributed by atoms with Gasteiger partial charge < -0.3 is 0 Å². The molecule has 1 heterocycles. The first-order valence-corrected chi connectivity index (χ1v) is 8.60.